The molecule has 3 rings (SSSR count). The lowest BCUT2D eigenvalue weighted by Crippen LogP contribution is -2.40. The fraction of sp³-hybridized carbons (Fsp3) is 0.667. The number of methoxy groups -OCH3 is 1. The van der Waals surface area contributed by atoms with Crippen molar-refractivity contribution in [2.24, 2.45) is 5.92 Å². The van der Waals surface area contributed by atoms with Crippen LogP contribution in [0, 0.1) is 5.92 Å². The van der Waals surface area contributed by atoms with Crippen molar-refractivity contribution in [1.29, 1.82) is 0 Å². The van der Waals surface area contributed by atoms with E-state index in [0.717, 1.165) is 25.5 Å². The third kappa shape index (κ3) is 2.12. The van der Waals surface area contributed by atoms with Gasteiger partial charge in [-0.2, -0.15) is 4.98 Å². The molecule has 2 atom stereocenters. The molecule has 2 unspecified atom stereocenters. The maximum atomic E-state index is 6.19. The molecule has 0 aromatic carbocycles. The summed E-state index contributed by atoms with van der Waals surface area (Å²) in [6.45, 7) is 3.10. The normalized spacial score (nSPS) is 27.1. The van der Waals surface area contributed by atoms with Crippen molar-refractivity contribution in [3.05, 3.63) is 11.2 Å². The molecule has 0 bridgehead atoms. The number of hydrogen-bond donors (Lipinski definition) is 1. The molecule has 1 aromatic heterocycles. The molecule has 18 heavy (non-hydrogen) atoms. The van der Waals surface area contributed by atoms with Gasteiger partial charge in [-0.3, -0.25) is 0 Å². The van der Waals surface area contributed by atoms with E-state index in [-0.39, 0.29) is 0 Å². The Morgan fingerprint density at radius 3 is 3.17 bits per heavy atom. The van der Waals surface area contributed by atoms with Gasteiger partial charge in [0, 0.05) is 19.1 Å². The van der Waals surface area contributed by atoms with Gasteiger partial charge >= 0.3 is 6.01 Å². The van der Waals surface area contributed by atoms with E-state index in [9.17, 15) is 0 Å². The molecule has 1 N–H and O–H groups in total. The SMILES string of the molecule is COc1ncc(Cl)c(N2CC3CCCNC3C2)n1. The Labute approximate surface area is 112 Å². The van der Waals surface area contributed by atoms with Crippen molar-refractivity contribution in [2.45, 2.75) is 18.9 Å². The molecule has 0 spiro atoms. The quantitative estimate of drug-likeness (QED) is 0.877. The number of ether oxygens (including phenoxy) is 1. The highest BCUT2D eigenvalue weighted by molar-refractivity contribution is 6.32. The molecule has 3 heterocycles. The average molecular weight is 269 g/mol. The van der Waals surface area contributed by atoms with Gasteiger partial charge in [-0.05, 0) is 25.3 Å². The summed E-state index contributed by atoms with van der Waals surface area (Å²) in [4.78, 5) is 10.6. The summed E-state index contributed by atoms with van der Waals surface area (Å²) in [5.41, 5.74) is 0. The Bertz CT molecular complexity index is 428. The van der Waals surface area contributed by atoms with Crippen molar-refractivity contribution in [3.63, 3.8) is 0 Å². The lowest BCUT2D eigenvalue weighted by molar-refractivity contribution is 0.340. The maximum absolute atomic E-state index is 6.19. The zero-order chi connectivity index (χ0) is 12.5. The van der Waals surface area contributed by atoms with E-state index >= 15 is 0 Å². The Morgan fingerprint density at radius 1 is 1.50 bits per heavy atom. The van der Waals surface area contributed by atoms with Crippen molar-refractivity contribution in [3.8, 4) is 6.01 Å². The predicted molar refractivity (Wildman–Crippen MR) is 70.3 cm³/mol. The van der Waals surface area contributed by atoms with Crippen LogP contribution in [-0.4, -0.2) is 42.8 Å². The van der Waals surface area contributed by atoms with Crippen molar-refractivity contribution in [2.75, 3.05) is 31.6 Å². The van der Waals surface area contributed by atoms with E-state index in [0.29, 0.717) is 23.0 Å². The van der Waals surface area contributed by atoms with Gasteiger partial charge in [0.25, 0.3) is 0 Å². The first-order chi connectivity index (χ1) is 8.78. The highest BCUT2D eigenvalue weighted by Gasteiger charge is 2.35. The van der Waals surface area contributed by atoms with E-state index in [2.05, 4.69) is 20.2 Å². The fourth-order valence-electron chi connectivity index (χ4n) is 2.88. The summed E-state index contributed by atoms with van der Waals surface area (Å²) in [5, 5.41) is 4.16. The van der Waals surface area contributed by atoms with Gasteiger partial charge in [0.2, 0.25) is 0 Å². The first-order valence-electron chi connectivity index (χ1n) is 6.33. The second kappa shape index (κ2) is 4.90. The summed E-state index contributed by atoms with van der Waals surface area (Å²) < 4.78 is 5.06. The first kappa shape index (κ1) is 12.0. The zero-order valence-corrected chi connectivity index (χ0v) is 11.2. The number of rotatable bonds is 2. The monoisotopic (exact) mass is 268 g/mol. The van der Waals surface area contributed by atoms with Gasteiger partial charge in [-0.1, -0.05) is 11.6 Å². The van der Waals surface area contributed by atoms with Gasteiger partial charge < -0.3 is 15.0 Å². The van der Waals surface area contributed by atoms with Gasteiger partial charge in [0.15, 0.2) is 5.82 Å². The number of hydrogen-bond acceptors (Lipinski definition) is 5. The Morgan fingerprint density at radius 2 is 2.39 bits per heavy atom. The number of nitrogens with zero attached hydrogens (tertiary/aromatic N) is 3. The number of halogens is 1. The third-order valence-corrected chi connectivity index (χ3v) is 4.05. The van der Waals surface area contributed by atoms with Crippen LogP contribution in [0.3, 0.4) is 0 Å². The lowest BCUT2D eigenvalue weighted by atomic mass is 9.94. The molecule has 2 saturated heterocycles. The third-order valence-electron chi connectivity index (χ3n) is 3.78. The van der Waals surface area contributed by atoms with Crippen LogP contribution in [0.1, 0.15) is 12.8 Å². The molecule has 6 heteroatoms. The summed E-state index contributed by atoms with van der Waals surface area (Å²) in [6, 6.07) is 0.938. The van der Waals surface area contributed by atoms with Crippen LogP contribution >= 0.6 is 11.6 Å². The van der Waals surface area contributed by atoms with Gasteiger partial charge in [0.1, 0.15) is 5.02 Å². The number of nitrogens with one attached hydrogen (secondary N) is 1. The van der Waals surface area contributed by atoms with E-state index in [1.807, 2.05) is 0 Å². The number of fused-ring (bicyclic) bond motifs is 1. The molecule has 1 aromatic rings. The van der Waals surface area contributed by atoms with E-state index < -0.39 is 0 Å². The Kier molecular flexibility index (Phi) is 3.26. The molecule has 5 nitrogen and oxygen atoms in total. The van der Waals surface area contributed by atoms with E-state index in [1.54, 1.807) is 13.3 Å². The van der Waals surface area contributed by atoms with Crippen LogP contribution in [0.5, 0.6) is 6.01 Å². The standard InChI is InChI=1S/C12H17ClN4O/c1-18-12-15-5-9(13)11(16-12)17-6-8-3-2-4-14-10(8)7-17/h5,8,10,14H,2-4,6-7H2,1H3. The van der Waals surface area contributed by atoms with Crippen LogP contribution in [0.4, 0.5) is 5.82 Å². The number of aromatic nitrogens is 2. The summed E-state index contributed by atoms with van der Waals surface area (Å²) >= 11 is 6.19. The molecule has 0 amide bonds. The second-order valence-electron chi connectivity index (χ2n) is 4.90. The van der Waals surface area contributed by atoms with Crippen LogP contribution in [0.2, 0.25) is 5.02 Å². The zero-order valence-electron chi connectivity index (χ0n) is 10.4. The van der Waals surface area contributed by atoms with Crippen molar-refractivity contribution >= 4 is 17.4 Å². The molecule has 2 aliphatic heterocycles. The van der Waals surface area contributed by atoms with E-state index in [4.69, 9.17) is 16.3 Å². The average Bonchev–Trinajstić information content (AvgIpc) is 2.82. The largest absolute Gasteiger partial charge is 0.467 e. The molecule has 0 aliphatic carbocycles. The molecular weight excluding hydrogens is 252 g/mol. The van der Waals surface area contributed by atoms with Gasteiger partial charge in [-0.25, -0.2) is 4.98 Å². The molecule has 98 valence electrons. The van der Waals surface area contributed by atoms with Crippen LogP contribution in [0.15, 0.2) is 6.20 Å². The summed E-state index contributed by atoms with van der Waals surface area (Å²) in [6.07, 6.45) is 4.15. The molecular formula is C12H17ClN4O. The first-order valence-corrected chi connectivity index (χ1v) is 6.70. The smallest absolute Gasteiger partial charge is 0.318 e. The molecule has 0 radical (unpaired) electrons. The lowest BCUT2D eigenvalue weighted by Gasteiger charge is -2.24. The molecule has 2 fully saturated rings. The fourth-order valence-corrected chi connectivity index (χ4v) is 3.09. The highest BCUT2D eigenvalue weighted by atomic mass is 35.5. The van der Waals surface area contributed by atoms with Crippen LogP contribution in [0.25, 0.3) is 0 Å². The number of piperidine rings is 1. The highest BCUT2D eigenvalue weighted by Crippen LogP contribution is 2.32. The summed E-state index contributed by atoms with van der Waals surface area (Å²) in [5.74, 6) is 1.50. The summed E-state index contributed by atoms with van der Waals surface area (Å²) in [7, 11) is 1.57. The Hall–Kier alpha value is -1.07. The maximum Gasteiger partial charge on any atom is 0.318 e. The minimum Gasteiger partial charge on any atom is -0.467 e. The number of anilines is 1. The van der Waals surface area contributed by atoms with E-state index in [1.165, 1.54) is 12.8 Å². The predicted octanol–water partition coefficient (Wildman–Crippen LogP) is 1.33. The molecule has 0 saturated carbocycles. The van der Waals surface area contributed by atoms with Crippen LogP contribution in [-0.2, 0) is 0 Å². The van der Waals surface area contributed by atoms with Gasteiger partial charge in [0.05, 0.1) is 13.3 Å². The molecule has 2 aliphatic rings. The van der Waals surface area contributed by atoms with Crippen molar-refractivity contribution in [1.82, 2.24) is 15.3 Å². The van der Waals surface area contributed by atoms with Crippen LogP contribution < -0.4 is 15.0 Å². The van der Waals surface area contributed by atoms with Crippen molar-refractivity contribution < 1.29 is 4.74 Å². The minimum atomic E-state index is 0.372. The second-order valence-corrected chi connectivity index (χ2v) is 5.30. The van der Waals surface area contributed by atoms with Gasteiger partial charge in [-0.15, -0.1) is 0 Å². The minimum absolute atomic E-state index is 0.372. The topological polar surface area (TPSA) is 50.3 Å². The Balaban J connectivity index is 1.82.